The van der Waals surface area contributed by atoms with Gasteiger partial charge in [0.05, 0.1) is 12.7 Å². The minimum atomic E-state index is -0.533. The molecule has 3 aromatic rings. The number of methoxy groups -OCH3 is 1. The summed E-state index contributed by atoms with van der Waals surface area (Å²) in [5.74, 6) is 0.0491. The number of ether oxygens (including phenoxy) is 1. The van der Waals surface area contributed by atoms with Gasteiger partial charge in [-0.05, 0) is 42.5 Å². The van der Waals surface area contributed by atoms with Gasteiger partial charge >= 0.3 is 0 Å². The van der Waals surface area contributed by atoms with Crippen molar-refractivity contribution in [3.8, 4) is 17.1 Å². The maximum atomic E-state index is 12.2. The Hall–Kier alpha value is -3.10. The second kappa shape index (κ2) is 9.40. The Morgan fingerprint density at radius 1 is 1.07 bits per heavy atom. The molecule has 1 aromatic heterocycles. The molecular formula is C19H16Cl2N4O4. The summed E-state index contributed by atoms with van der Waals surface area (Å²) in [6, 6.07) is 11.5. The Balaban J connectivity index is 1.50. The molecule has 2 N–H and O–H groups in total. The monoisotopic (exact) mass is 434 g/mol. The van der Waals surface area contributed by atoms with E-state index in [1.807, 2.05) is 0 Å². The second-order valence-electron chi connectivity index (χ2n) is 5.87. The SMILES string of the molecule is COc1cc(Cl)ccc1C(=O)NNC(=O)CCc1nc(-c2ccc(Cl)cc2)no1. The van der Waals surface area contributed by atoms with Crippen LogP contribution in [0.25, 0.3) is 11.4 Å². The summed E-state index contributed by atoms with van der Waals surface area (Å²) in [5, 5.41) is 4.91. The molecule has 2 aromatic carbocycles. The van der Waals surface area contributed by atoms with E-state index in [1.54, 1.807) is 30.3 Å². The molecule has 3 rings (SSSR count). The first-order valence-electron chi connectivity index (χ1n) is 8.47. The number of rotatable bonds is 6. The highest BCUT2D eigenvalue weighted by molar-refractivity contribution is 6.31. The molecule has 2 amide bonds. The van der Waals surface area contributed by atoms with Crippen LogP contribution < -0.4 is 15.6 Å². The number of hydrazine groups is 1. The summed E-state index contributed by atoms with van der Waals surface area (Å²) in [5.41, 5.74) is 5.64. The van der Waals surface area contributed by atoms with Crippen LogP contribution in [0.15, 0.2) is 47.0 Å². The molecule has 0 aliphatic rings. The molecule has 0 saturated heterocycles. The summed E-state index contributed by atoms with van der Waals surface area (Å²) < 4.78 is 10.3. The zero-order valence-electron chi connectivity index (χ0n) is 15.2. The van der Waals surface area contributed by atoms with Crippen molar-refractivity contribution in [2.24, 2.45) is 0 Å². The highest BCUT2D eigenvalue weighted by Gasteiger charge is 2.15. The van der Waals surface area contributed by atoms with Crippen molar-refractivity contribution in [1.29, 1.82) is 0 Å². The van der Waals surface area contributed by atoms with Crippen LogP contribution in [0.5, 0.6) is 5.75 Å². The van der Waals surface area contributed by atoms with Crippen molar-refractivity contribution < 1.29 is 18.8 Å². The van der Waals surface area contributed by atoms with Crippen LogP contribution in [0.1, 0.15) is 22.7 Å². The third kappa shape index (κ3) is 5.46. The van der Waals surface area contributed by atoms with E-state index in [4.69, 9.17) is 32.5 Å². The van der Waals surface area contributed by atoms with E-state index >= 15 is 0 Å². The number of aromatic nitrogens is 2. The Bertz CT molecular complexity index is 1020. The number of carbonyl (C=O) groups excluding carboxylic acids is 2. The van der Waals surface area contributed by atoms with E-state index in [9.17, 15) is 9.59 Å². The summed E-state index contributed by atoms with van der Waals surface area (Å²) >= 11 is 11.7. The van der Waals surface area contributed by atoms with Crippen LogP contribution in [0.2, 0.25) is 10.0 Å². The zero-order chi connectivity index (χ0) is 20.8. The van der Waals surface area contributed by atoms with Crippen molar-refractivity contribution in [2.45, 2.75) is 12.8 Å². The number of nitrogens with one attached hydrogen (secondary N) is 2. The predicted molar refractivity (Wildman–Crippen MR) is 107 cm³/mol. The maximum absolute atomic E-state index is 12.2. The van der Waals surface area contributed by atoms with Crippen LogP contribution in [-0.4, -0.2) is 29.1 Å². The molecule has 0 fully saturated rings. The molecule has 0 aliphatic carbocycles. The lowest BCUT2D eigenvalue weighted by atomic mass is 10.2. The molecule has 0 unspecified atom stereocenters. The van der Waals surface area contributed by atoms with Gasteiger partial charge in [-0.15, -0.1) is 0 Å². The summed E-state index contributed by atoms with van der Waals surface area (Å²) in [7, 11) is 1.42. The third-order valence-corrected chi connectivity index (χ3v) is 4.35. The molecule has 29 heavy (non-hydrogen) atoms. The average molecular weight is 435 g/mol. The minimum Gasteiger partial charge on any atom is -0.496 e. The van der Waals surface area contributed by atoms with Gasteiger partial charge in [-0.1, -0.05) is 28.4 Å². The van der Waals surface area contributed by atoms with Crippen molar-refractivity contribution in [2.75, 3.05) is 7.11 Å². The number of benzene rings is 2. The quantitative estimate of drug-likeness (QED) is 0.575. The number of nitrogens with zero attached hydrogens (tertiary/aromatic N) is 2. The molecule has 0 radical (unpaired) electrons. The van der Waals surface area contributed by atoms with Crippen molar-refractivity contribution in [3.63, 3.8) is 0 Å². The summed E-state index contributed by atoms with van der Waals surface area (Å²) in [6.45, 7) is 0. The zero-order valence-corrected chi connectivity index (χ0v) is 16.8. The molecule has 1 heterocycles. The fourth-order valence-corrected chi connectivity index (χ4v) is 2.69. The molecule has 0 spiro atoms. The van der Waals surface area contributed by atoms with Crippen molar-refractivity contribution in [1.82, 2.24) is 21.0 Å². The van der Waals surface area contributed by atoms with Crippen molar-refractivity contribution in [3.05, 3.63) is 64.0 Å². The summed E-state index contributed by atoms with van der Waals surface area (Å²) in [4.78, 5) is 28.4. The highest BCUT2D eigenvalue weighted by atomic mass is 35.5. The van der Waals surface area contributed by atoms with Crippen LogP contribution >= 0.6 is 23.2 Å². The largest absolute Gasteiger partial charge is 0.496 e. The van der Waals surface area contributed by atoms with Gasteiger partial charge in [0.15, 0.2) is 0 Å². The lowest BCUT2D eigenvalue weighted by Gasteiger charge is -2.10. The van der Waals surface area contributed by atoms with Gasteiger partial charge in [0, 0.05) is 28.5 Å². The first-order valence-corrected chi connectivity index (χ1v) is 9.23. The lowest BCUT2D eigenvalue weighted by molar-refractivity contribution is -0.121. The Morgan fingerprint density at radius 2 is 1.79 bits per heavy atom. The van der Waals surface area contributed by atoms with Gasteiger partial charge in [0.1, 0.15) is 5.75 Å². The number of halogens is 2. The minimum absolute atomic E-state index is 0.0419. The molecule has 0 bridgehead atoms. The van der Waals surface area contributed by atoms with Crippen LogP contribution in [0.4, 0.5) is 0 Å². The number of aryl methyl sites for hydroxylation is 1. The maximum Gasteiger partial charge on any atom is 0.273 e. The Kier molecular flexibility index (Phi) is 6.69. The molecular weight excluding hydrogens is 419 g/mol. The smallest absolute Gasteiger partial charge is 0.273 e. The van der Waals surface area contributed by atoms with Gasteiger partial charge in [0.25, 0.3) is 5.91 Å². The van der Waals surface area contributed by atoms with E-state index in [-0.39, 0.29) is 18.4 Å². The van der Waals surface area contributed by atoms with Gasteiger partial charge in [-0.25, -0.2) is 0 Å². The van der Waals surface area contributed by atoms with E-state index in [0.717, 1.165) is 5.56 Å². The number of carbonyl (C=O) groups is 2. The molecule has 0 aliphatic heterocycles. The second-order valence-corrected chi connectivity index (χ2v) is 6.74. The first-order chi connectivity index (χ1) is 14.0. The molecule has 10 heteroatoms. The van der Waals surface area contributed by atoms with Crippen molar-refractivity contribution >= 4 is 35.0 Å². The predicted octanol–water partition coefficient (Wildman–Crippen LogP) is 3.45. The molecule has 0 atom stereocenters. The molecule has 8 nitrogen and oxygen atoms in total. The normalized spacial score (nSPS) is 10.4. The lowest BCUT2D eigenvalue weighted by Crippen LogP contribution is -2.41. The fraction of sp³-hybridized carbons (Fsp3) is 0.158. The van der Waals surface area contributed by atoms with E-state index in [2.05, 4.69) is 21.0 Å². The average Bonchev–Trinajstić information content (AvgIpc) is 3.20. The number of hydrogen-bond acceptors (Lipinski definition) is 6. The van der Waals surface area contributed by atoms with Gasteiger partial charge in [-0.3, -0.25) is 20.4 Å². The van der Waals surface area contributed by atoms with Crippen LogP contribution in [0.3, 0.4) is 0 Å². The van der Waals surface area contributed by atoms with Gasteiger partial charge in [0.2, 0.25) is 17.6 Å². The number of hydrogen-bond donors (Lipinski definition) is 2. The topological polar surface area (TPSA) is 106 Å². The number of amides is 2. The molecule has 0 saturated carbocycles. The standard InChI is InChI=1S/C19H16Cl2N4O4/c1-28-15-10-13(21)6-7-14(15)19(27)24-23-16(26)8-9-17-22-18(25-29-17)11-2-4-12(20)5-3-11/h2-7,10H,8-9H2,1H3,(H,23,26)(H,24,27). The van der Waals surface area contributed by atoms with E-state index in [1.165, 1.54) is 19.2 Å². The van der Waals surface area contributed by atoms with E-state index in [0.29, 0.717) is 27.5 Å². The van der Waals surface area contributed by atoms with E-state index < -0.39 is 11.8 Å². The summed E-state index contributed by atoms with van der Waals surface area (Å²) in [6.07, 6.45) is 0.257. The Morgan fingerprint density at radius 3 is 2.52 bits per heavy atom. The van der Waals surface area contributed by atoms with Crippen LogP contribution in [0, 0.1) is 0 Å². The highest BCUT2D eigenvalue weighted by Crippen LogP contribution is 2.23. The third-order valence-electron chi connectivity index (χ3n) is 3.86. The molecule has 150 valence electrons. The van der Waals surface area contributed by atoms with Gasteiger partial charge in [-0.2, -0.15) is 4.98 Å². The fourth-order valence-electron chi connectivity index (χ4n) is 2.40. The Labute approximate surface area is 176 Å². The first kappa shape index (κ1) is 20.6. The van der Waals surface area contributed by atoms with Gasteiger partial charge < -0.3 is 9.26 Å². The van der Waals surface area contributed by atoms with Crippen LogP contribution in [-0.2, 0) is 11.2 Å².